The van der Waals surface area contributed by atoms with E-state index in [0.717, 1.165) is 0 Å². The van der Waals surface area contributed by atoms with E-state index in [1.54, 1.807) is 0 Å². The molecule has 8 heteroatoms. The summed E-state index contributed by atoms with van der Waals surface area (Å²) in [6, 6.07) is 2.62. The summed E-state index contributed by atoms with van der Waals surface area (Å²) in [5.74, 6) is -0.151. The van der Waals surface area contributed by atoms with Crippen molar-refractivity contribution in [2.24, 2.45) is 0 Å². The number of benzene rings is 1. The lowest BCUT2D eigenvalue weighted by Gasteiger charge is -2.25. The van der Waals surface area contributed by atoms with Crippen LogP contribution in [0.5, 0.6) is 5.88 Å². The molecular formula is C11H7N3O5-2. The molecule has 98 valence electrons. The lowest BCUT2D eigenvalue weighted by molar-refractivity contribution is -0.377. The second-order valence-electron chi connectivity index (χ2n) is 4.02. The van der Waals surface area contributed by atoms with Gasteiger partial charge in [0.1, 0.15) is 0 Å². The van der Waals surface area contributed by atoms with Crippen LogP contribution in [-0.4, -0.2) is 25.9 Å². The smallest absolute Gasteiger partial charge is 0.232 e. The van der Waals surface area contributed by atoms with Gasteiger partial charge in [-0.25, -0.2) is 0 Å². The van der Waals surface area contributed by atoms with Crippen LogP contribution in [0.1, 0.15) is 11.3 Å². The highest BCUT2D eigenvalue weighted by molar-refractivity contribution is 6.24. The molecule has 0 aliphatic heterocycles. The number of aromatic nitrogens is 1. The van der Waals surface area contributed by atoms with Gasteiger partial charge in [-0.3, -0.25) is 5.21 Å². The van der Waals surface area contributed by atoms with Crippen LogP contribution in [0.2, 0.25) is 0 Å². The van der Waals surface area contributed by atoms with Crippen molar-refractivity contribution in [2.75, 3.05) is 5.23 Å². The van der Waals surface area contributed by atoms with E-state index in [1.165, 1.54) is 24.3 Å². The van der Waals surface area contributed by atoms with E-state index in [4.69, 9.17) is 5.21 Å². The van der Waals surface area contributed by atoms with Crippen LogP contribution in [0.25, 0.3) is 16.8 Å². The lowest BCUT2D eigenvalue weighted by atomic mass is 9.95. The average Bonchev–Trinajstić information content (AvgIpc) is 2.67. The maximum atomic E-state index is 11.1. The molecule has 0 spiro atoms. The Morgan fingerprint density at radius 3 is 2.58 bits per heavy atom. The van der Waals surface area contributed by atoms with Crippen molar-refractivity contribution in [3.05, 3.63) is 45.1 Å². The summed E-state index contributed by atoms with van der Waals surface area (Å²) < 4.78 is 0. The van der Waals surface area contributed by atoms with Gasteiger partial charge in [-0.05, 0) is 18.2 Å². The van der Waals surface area contributed by atoms with Gasteiger partial charge in [0.2, 0.25) is 5.71 Å². The van der Waals surface area contributed by atoms with Crippen molar-refractivity contribution < 1.29 is 15.2 Å². The highest BCUT2D eigenvalue weighted by atomic mass is 16.8. The maximum absolute atomic E-state index is 11.1. The molecule has 1 heterocycles. The van der Waals surface area contributed by atoms with Crippen LogP contribution < -0.4 is 5.23 Å². The molecule has 1 aliphatic carbocycles. The number of allylic oxidation sites excluding steroid dienone is 1. The van der Waals surface area contributed by atoms with E-state index in [9.17, 15) is 20.7 Å². The van der Waals surface area contributed by atoms with Crippen LogP contribution in [-0.2, 0) is 0 Å². The van der Waals surface area contributed by atoms with Gasteiger partial charge in [0.15, 0.2) is 5.88 Å². The van der Waals surface area contributed by atoms with Gasteiger partial charge >= 0.3 is 0 Å². The molecule has 0 saturated carbocycles. The monoisotopic (exact) mass is 261 g/mol. The van der Waals surface area contributed by atoms with Crippen molar-refractivity contribution in [3.63, 3.8) is 0 Å². The lowest BCUT2D eigenvalue weighted by Crippen LogP contribution is -2.18. The molecule has 0 bridgehead atoms. The second kappa shape index (κ2) is 3.64. The van der Waals surface area contributed by atoms with Crippen molar-refractivity contribution in [3.8, 4) is 5.88 Å². The molecule has 1 aliphatic rings. The zero-order valence-electron chi connectivity index (χ0n) is 9.32. The van der Waals surface area contributed by atoms with Gasteiger partial charge in [0.05, 0.1) is 16.9 Å². The molecule has 0 fully saturated rings. The summed E-state index contributed by atoms with van der Waals surface area (Å²) in [4.78, 5) is 2.00. The van der Waals surface area contributed by atoms with Gasteiger partial charge in [-0.2, -0.15) is 4.90 Å². The maximum Gasteiger partial charge on any atom is 0.232 e. The number of hydrogen-bond donors (Lipinski definition) is 3. The second-order valence-corrected chi connectivity index (χ2v) is 4.02. The number of nitrogens with one attached hydrogen (secondary N) is 1. The number of aromatic hydroxyl groups is 1. The zero-order valence-corrected chi connectivity index (χ0v) is 9.32. The van der Waals surface area contributed by atoms with Crippen molar-refractivity contribution in [2.45, 2.75) is 0 Å². The van der Waals surface area contributed by atoms with Crippen LogP contribution in [0.4, 0.5) is 5.69 Å². The largest absolute Gasteiger partial charge is 0.733 e. The third-order valence-electron chi connectivity index (χ3n) is 3.03. The summed E-state index contributed by atoms with van der Waals surface area (Å²) in [5, 5.41) is 52.2. The predicted molar refractivity (Wildman–Crippen MR) is 67.7 cm³/mol. The molecule has 2 aromatic rings. The van der Waals surface area contributed by atoms with Crippen molar-refractivity contribution >= 4 is 28.2 Å². The average molecular weight is 261 g/mol. The van der Waals surface area contributed by atoms with Gasteiger partial charge in [-0.1, -0.05) is 0 Å². The van der Waals surface area contributed by atoms with Crippen molar-refractivity contribution in [1.82, 2.24) is 4.98 Å². The summed E-state index contributed by atoms with van der Waals surface area (Å²) in [6.07, 6.45) is 2.64. The fourth-order valence-corrected chi connectivity index (χ4v) is 2.27. The molecule has 1 aromatic carbocycles. The van der Waals surface area contributed by atoms with Crippen LogP contribution in [0.15, 0.2) is 18.2 Å². The molecule has 0 saturated heterocycles. The first-order valence-electron chi connectivity index (χ1n) is 5.24. The van der Waals surface area contributed by atoms with Gasteiger partial charge in [0.25, 0.3) is 0 Å². The Morgan fingerprint density at radius 2 is 1.95 bits per heavy atom. The molecule has 0 amide bonds. The summed E-state index contributed by atoms with van der Waals surface area (Å²) >= 11 is 0. The molecule has 8 nitrogen and oxygen atoms in total. The summed E-state index contributed by atoms with van der Waals surface area (Å²) in [7, 11) is 0. The molecule has 1 aromatic heterocycles. The molecule has 3 rings (SSSR count). The van der Waals surface area contributed by atoms with Gasteiger partial charge < -0.3 is 30.9 Å². The Balaban J connectivity index is 2.51. The number of hydrogen-bond acceptors (Lipinski definition) is 6. The molecular weight excluding hydrogens is 254 g/mol. The zero-order chi connectivity index (χ0) is 13.7. The number of rotatable bonds is 1. The van der Waals surface area contributed by atoms with E-state index in [1.807, 2.05) is 0 Å². The number of H-pyrrole nitrogens is 1. The minimum Gasteiger partial charge on any atom is -0.733 e. The first-order chi connectivity index (χ1) is 9.00. The Labute approximate surface area is 105 Å². The highest BCUT2D eigenvalue weighted by Crippen LogP contribution is 2.38. The molecule has 3 N–H and O–H groups in total. The summed E-state index contributed by atoms with van der Waals surface area (Å²) in [6.45, 7) is 0. The quantitative estimate of drug-likeness (QED) is 0.525. The Bertz CT molecular complexity index is 740. The van der Waals surface area contributed by atoms with E-state index >= 15 is 0 Å². The first-order valence-corrected chi connectivity index (χ1v) is 5.24. The van der Waals surface area contributed by atoms with E-state index < -0.39 is 10.1 Å². The molecule has 0 unspecified atom stereocenters. The van der Waals surface area contributed by atoms with Gasteiger partial charge in [-0.15, -0.1) is 0 Å². The Morgan fingerprint density at radius 1 is 1.21 bits per heavy atom. The summed E-state index contributed by atoms with van der Waals surface area (Å²) in [5.41, 5.74) is -0.142. The standard InChI is InChI=1S/C11H7N3O5/c15-11-5-1-3-7(13(16)17)10-8(14(18)19)4-2-6(12-11)9(5)10/h1-4,12,16H,(H-,15,18,19)/q-2. The molecule has 19 heavy (non-hydrogen) atoms. The minimum atomic E-state index is -0.648. The topological polar surface area (TPSA) is 132 Å². The van der Waals surface area contributed by atoms with Crippen LogP contribution in [0.3, 0.4) is 0 Å². The van der Waals surface area contributed by atoms with Crippen LogP contribution >= 0.6 is 0 Å². The molecule has 0 radical (unpaired) electrons. The number of aromatic amines is 1. The predicted octanol–water partition coefficient (Wildman–Crippen LogP) is 1.39. The Hall–Kier alpha value is -2.71. The van der Waals surface area contributed by atoms with E-state index in [2.05, 4.69) is 4.98 Å². The SMILES string of the molecule is [O-]N(O)c1ccc2c(O)[nH]c3c2c1C(=[N+]([O-])[O-])C=C3. The van der Waals surface area contributed by atoms with E-state index in [0.29, 0.717) is 16.5 Å². The normalized spacial score (nSPS) is 13.1. The third-order valence-corrected chi connectivity index (χ3v) is 3.03. The fourth-order valence-electron chi connectivity index (χ4n) is 2.27. The van der Waals surface area contributed by atoms with Crippen LogP contribution in [0, 0.1) is 15.6 Å². The highest BCUT2D eigenvalue weighted by Gasteiger charge is 2.25. The van der Waals surface area contributed by atoms with Crippen molar-refractivity contribution in [1.29, 1.82) is 0 Å². The first kappa shape index (κ1) is 11.4. The third kappa shape index (κ3) is 1.44. The fraction of sp³-hybridized carbons (Fsp3) is 0. The Kier molecular flexibility index (Phi) is 2.18. The van der Waals surface area contributed by atoms with E-state index in [-0.39, 0.29) is 22.8 Å². The number of nitrogens with zero attached hydrogens (tertiary/aromatic N) is 2. The number of anilines is 1. The minimum absolute atomic E-state index is 0.0194. The van der Waals surface area contributed by atoms with Gasteiger partial charge in [0, 0.05) is 16.8 Å². The molecule has 0 atom stereocenters.